The number of aromatic nitrogens is 2. The molecular weight excluding hydrogens is 366 g/mol. The summed E-state index contributed by atoms with van der Waals surface area (Å²) in [5.41, 5.74) is 1.53. The fourth-order valence-corrected chi connectivity index (χ4v) is 3.36. The Bertz CT molecular complexity index is 1030. The molecule has 1 saturated carbocycles. The van der Waals surface area contributed by atoms with Gasteiger partial charge in [-0.3, -0.25) is 9.59 Å². The number of carbonyl (C=O) groups excluding carboxylic acids is 1. The minimum absolute atomic E-state index is 0.0239. The molecule has 1 aliphatic rings. The Morgan fingerprint density at radius 3 is 2.31 bits per heavy atom. The van der Waals surface area contributed by atoms with Crippen LogP contribution in [0.3, 0.4) is 0 Å². The van der Waals surface area contributed by atoms with Crippen molar-refractivity contribution in [3.63, 3.8) is 0 Å². The second-order valence-corrected chi connectivity index (χ2v) is 7.66. The van der Waals surface area contributed by atoms with Crippen molar-refractivity contribution < 1.29 is 14.7 Å². The number of rotatable bonds is 7. The van der Waals surface area contributed by atoms with Crippen molar-refractivity contribution in [1.82, 2.24) is 15.1 Å². The molecule has 0 bridgehead atoms. The van der Waals surface area contributed by atoms with Crippen LogP contribution in [-0.2, 0) is 10.2 Å². The molecule has 1 atom stereocenters. The van der Waals surface area contributed by atoms with Gasteiger partial charge in [-0.2, -0.15) is 5.10 Å². The molecule has 6 nitrogen and oxygen atoms in total. The van der Waals surface area contributed by atoms with Gasteiger partial charge in [0, 0.05) is 12.5 Å². The number of aliphatic carboxylic acids is 1. The predicted molar refractivity (Wildman–Crippen MR) is 109 cm³/mol. The summed E-state index contributed by atoms with van der Waals surface area (Å²) < 4.78 is 1.64. The molecule has 1 unspecified atom stereocenters. The fraction of sp³-hybridized carbons (Fsp3) is 0.261. The lowest BCUT2D eigenvalue weighted by Crippen LogP contribution is -2.44. The van der Waals surface area contributed by atoms with Gasteiger partial charge in [-0.15, -0.1) is 0 Å². The number of carboxylic acid groups (broad SMARTS) is 1. The summed E-state index contributed by atoms with van der Waals surface area (Å²) in [5.74, 6) is -0.920. The van der Waals surface area contributed by atoms with Crippen LogP contribution in [0.5, 0.6) is 0 Å². The zero-order valence-electron chi connectivity index (χ0n) is 16.2. The molecule has 1 amide bonds. The number of nitrogens with zero attached hydrogens (tertiary/aromatic N) is 2. The first kappa shape index (κ1) is 18.9. The van der Waals surface area contributed by atoms with Crippen molar-refractivity contribution >= 4 is 11.9 Å². The quantitative estimate of drug-likeness (QED) is 0.648. The Balaban J connectivity index is 1.61. The van der Waals surface area contributed by atoms with Gasteiger partial charge >= 0.3 is 5.97 Å². The van der Waals surface area contributed by atoms with Crippen molar-refractivity contribution in [3.05, 3.63) is 83.7 Å². The first-order valence-electron chi connectivity index (χ1n) is 9.71. The third-order valence-corrected chi connectivity index (χ3v) is 5.44. The van der Waals surface area contributed by atoms with Gasteiger partial charge in [0.1, 0.15) is 11.1 Å². The highest BCUT2D eigenvalue weighted by Crippen LogP contribution is 2.39. The highest BCUT2D eigenvalue weighted by atomic mass is 16.4. The largest absolute Gasteiger partial charge is 0.481 e. The maximum absolute atomic E-state index is 13.0. The van der Waals surface area contributed by atoms with Gasteiger partial charge < -0.3 is 10.4 Å². The molecule has 1 aliphatic carbocycles. The normalized spacial score (nSPS) is 15.5. The van der Waals surface area contributed by atoms with E-state index in [2.05, 4.69) is 10.4 Å². The van der Waals surface area contributed by atoms with Crippen LogP contribution in [0.25, 0.3) is 5.69 Å². The molecule has 1 fully saturated rings. The van der Waals surface area contributed by atoms with Crippen LogP contribution in [0.1, 0.15) is 47.4 Å². The molecule has 0 saturated heterocycles. The molecule has 4 rings (SSSR count). The van der Waals surface area contributed by atoms with Gasteiger partial charge in [0.2, 0.25) is 0 Å². The van der Waals surface area contributed by atoms with E-state index >= 15 is 0 Å². The summed E-state index contributed by atoms with van der Waals surface area (Å²) in [6, 6.07) is 20.3. The molecule has 1 heterocycles. The summed E-state index contributed by atoms with van der Waals surface area (Å²) in [4.78, 5) is 25.0. The number of carbonyl (C=O) groups is 2. The van der Waals surface area contributed by atoms with Gasteiger partial charge in [-0.25, -0.2) is 4.68 Å². The number of benzene rings is 2. The molecule has 0 aliphatic heterocycles. The van der Waals surface area contributed by atoms with Gasteiger partial charge in [-0.1, -0.05) is 48.5 Å². The van der Waals surface area contributed by atoms with Crippen molar-refractivity contribution in [2.45, 2.75) is 31.1 Å². The van der Waals surface area contributed by atoms with Crippen LogP contribution in [0.2, 0.25) is 0 Å². The summed E-state index contributed by atoms with van der Waals surface area (Å²) >= 11 is 0. The highest BCUT2D eigenvalue weighted by molar-refractivity contribution is 5.94. The van der Waals surface area contributed by atoms with Crippen LogP contribution in [0.15, 0.2) is 66.7 Å². The van der Waals surface area contributed by atoms with E-state index in [1.54, 1.807) is 35.9 Å². The first-order valence-corrected chi connectivity index (χ1v) is 9.71. The topological polar surface area (TPSA) is 84.2 Å². The fourth-order valence-electron chi connectivity index (χ4n) is 3.36. The van der Waals surface area contributed by atoms with Crippen LogP contribution in [0, 0.1) is 0 Å². The van der Waals surface area contributed by atoms with Gasteiger partial charge in [0.05, 0.1) is 11.4 Å². The number of hydrogen-bond acceptors (Lipinski definition) is 3. The zero-order valence-corrected chi connectivity index (χ0v) is 16.2. The molecule has 2 N–H and O–H groups in total. The molecule has 3 aromatic rings. The van der Waals surface area contributed by atoms with Crippen molar-refractivity contribution in [3.8, 4) is 5.69 Å². The van der Waals surface area contributed by atoms with Crippen molar-refractivity contribution in [2.75, 3.05) is 6.54 Å². The Kier molecular flexibility index (Phi) is 4.92. The lowest BCUT2D eigenvalue weighted by Gasteiger charge is -2.25. The Morgan fingerprint density at radius 2 is 1.72 bits per heavy atom. The second kappa shape index (κ2) is 7.54. The average molecular weight is 389 g/mol. The van der Waals surface area contributed by atoms with E-state index in [0.29, 0.717) is 17.2 Å². The maximum atomic E-state index is 13.0. The molecule has 0 radical (unpaired) electrons. The summed E-state index contributed by atoms with van der Waals surface area (Å²) in [6.07, 6.45) is 2.16. The van der Waals surface area contributed by atoms with E-state index in [0.717, 1.165) is 24.2 Å². The van der Waals surface area contributed by atoms with E-state index in [1.807, 2.05) is 42.5 Å². The Hall–Kier alpha value is -3.41. The van der Waals surface area contributed by atoms with E-state index < -0.39 is 11.4 Å². The molecule has 1 aromatic heterocycles. The highest BCUT2D eigenvalue weighted by Gasteiger charge is 2.36. The van der Waals surface area contributed by atoms with Gasteiger partial charge in [0.25, 0.3) is 5.91 Å². The Labute approximate surface area is 169 Å². The molecule has 2 aromatic carbocycles. The first-order chi connectivity index (χ1) is 14.0. The minimum Gasteiger partial charge on any atom is -0.481 e. The molecule has 29 heavy (non-hydrogen) atoms. The third kappa shape index (κ3) is 3.78. The van der Waals surface area contributed by atoms with E-state index in [1.165, 1.54) is 0 Å². The molecule has 148 valence electrons. The van der Waals surface area contributed by atoms with E-state index in [-0.39, 0.29) is 12.5 Å². The second-order valence-electron chi connectivity index (χ2n) is 7.66. The standard InChI is InChI=1S/C23H23N3O3/c1-23(22(28)29,17-8-4-2-5-9-17)15-24-21(27)20-14-19(16-12-13-16)25-26(20)18-10-6-3-7-11-18/h2-11,14,16H,12-13,15H2,1H3,(H,24,27)(H,28,29). The van der Waals surface area contributed by atoms with Crippen LogP contribution >= 0.6 is 0 Å². The monoisotopic (exact) mass is 389 g/mol. The number of carboxylic acids is 1. The molecular formula is C23H23N3O3. The van der Waals surface area contributed by atoms with Crippen molar-refractivity contribution in [2.24, 2.45) is 0 Å². The lowest BCUT2D eigenvalue weighted by molar-refractivity contribution is -0.142. The maximum Gasteiger partial charge on any atom is 0.315 e. The van der Waals surface area contributed by atoms with E-state index in [4.69, 9.17) is 0 Å². The number of hydrogen-bond donors (Lipinski definition) is 2. The van der Waals surface area contributed by atoms with Crippen molar-refractivity contribution in [1.29, 1.82) is 0 Å². The van der Waals surface area contributed by atoms with Crippen LogP contribution in [-0.4, -0.2) is 33.3 Å². The smallest absolute Gasteiger partial charge is 0.315 e. The van der Waals surface area contributed by atoms with Crippen LogP contribution in [0.4, 0.5) is 0 Å². The predicted octanol–water partition coefficient (Wildman–Crippen LogP) is 3.52. The van der Waals surface area contributed by atoms with Gasteiger partial charge in [-0.05, 0) is 43.5 Å². The zero-order chi connectivity index (χ0) is 20.4. The average Bonchev–Trinajstić information content (AvgIpc) is 3.51. The number of para-hydroxylation sites is 1. The third-order valence-electron chi connectivity index (χ3n) is 5.44. The van der Waals surface area contributed by atoms with Gasteiger partial charge in [0.15, 0.2) is 0 Å². The number of nitrogens with one attached hydrogen (secondary N) is 1. The Morgan fingerprint density at radius 1 is 1.10 bits per heavy atom. The van der Waals surface area contributed by atoms with E-state index in [9.17, 15) is 14.7 Å². The molecule has 0 spiro atoms. The van der Waals surface area contributed by atoms with Crippen LogP contribution < -0.4 is 5.32 Å². The SMILES string of the molecule is CC(CNC(=O)c1cc(C2CC2)nn1-c1ccccc1)(C(=O)O)c1ccccc1. The molecule has 6 heteroatoms. The number of amides is 1. The summed E-state index contributed by atoms with van der Waals surface area (Å²) in [5, 5.41) is 17.3. The summed E-state index contributed by atoms with van der Waals surface area (Å²) in [6.45, 7) is 1.60. The lowest BCUT2D eigenvalue weighted by atomic mass is 9.82. The minimum atomic E-state index is -1.23. The summed E-state index contributed by atoms with van der Waals surface area (Å²) in [7, 11) is 0.